The van der Waals surface area contributed by atoms with Crippen LogP contribution in [-0.4, -0.2) is 39.6 Å². The summed E-state index contributed by atoms with van der Waals surface area (Å²) in [5.74, 6) is -0.0799. The lowest BCUT2D eigenvalue weighted by Gasteiger charge is -2.30. The van der Waals surface area contributed by atoms with Gasteiger partial charge >= 0.3 is 5.69 Å². The second-order valence-electron chi connectivity index (χ2n) is 4.29. The van der Waals surface area contributed by atoms with E-state index in [-0.39, 0.29) is 18.1 Å². The fraction of sp³-hybridized carbons (Fsp3) is 0.556. The number of hydrogen-bond acceptors (Lipinski definition) is 9. The van der Waals surface area contributed by atoms with Crippen LogP contribution in [0, 0.1) is 0 Å². The number of nitrogen functional groups attached to an aromatic ring is 1. The Bertz CT molecular complexity index is 625. The van der Waals surface area contributed by atoms with Crippen LogP contribution >= 0.6 is 7.82 Å². The van der Waals surface area contributed by atoms with Gasteiger partial charge < -0.3 is 46.8 Å². The van der Waals surface area contributed by atoms with Crippen molar-refractivity contribution >= 4 is 13.6 Å². The summed E-state index contributed by atoms with van der Waals surface area (Å²) in [6, 6.07) is 1.22. The molecule has 134 valence electrons. The molecule has 12 nitrogen and oxygen atoms in total. The third-order valence-electron chi connectivity index (χ3n) is 2.82. The van der Waals surface area contributed by atoms with E-state index in [1.54, 1.807) is 0 Å². The van der Waals surface area contributed by atoms with Crippen LogP contribution in [0.1, 0.15) is 6.23 Å². The number of nitrogens with zero attached hydrogens (tertiary/aromatic N) is 2. The standard InChI is InChI=1S/C9H13FN3O7P.2H3N/c10-6-7(14)4(3-19-21(16,17)18)20-8(6)13-2-1-5(11)12-9(13)15;;/h1-2,4,6-8,14H,3H2,(H2,11,12,15)(H2,16,17,18);2*1H3/t4-,6-,7-,8-;;/m1../s1. The molecule has 0 unspecified atom stereocenters. The second kappa shape index (κ2) is 7.90. The fourth-order valence-corrected chi connectivity index (χ4v) is 2.18. The van der Waals surface area contributed by atoms with Gasteiger partial charge in [-0.05, 0) is 6.07 Å². The predicted octanol–water partition coefficient (Wildman–Crippen LogP) is -1.98. The molecule has 2 heterocycles. The number of aliphatic hydroxyl groups is 1. The molecule has 0 radical (unpaired) electrons. The van der Waals surface area contributed by atoms with Gasteiger partial charge in [0.05, 0.1) is 14.4 Å². The number of rotatable bonds is 4. The fourth-order valence-electron chi connectivity index (χ4n) is 1.85. The second-order valence-corrected chi connectivity index (χ2v) is 5.44. The monoisotopic (exact) mass is 359 g/mol. The predicted molar refractivity (Wildman–Crippen MR) is 73.3 cm³/mol. The highest BCUT2D eigenvalue weighted by Crippen LogP contribution is 2.33. The highest BCUT2D eigenvalue weighted by Gasteiger charge is 2.45. The van der Waals surface area contributed by atoms with E-state index in [9.17, 15) is 28.6 Å². The Morgan fingerprint density at radius 2 is 2.13 bits per heavy atom. The minimum Gasteiger partial charge on any atom is -0.790 e. The van der Waals surface area contributed by atoms with E-state index in [0.29, 0.717) is 0 Å². The average molecular weight is 359 g/mol. The molecule has 0 amide bonds. The number of anilines is 1. The number of phosphoric ester groups is 1. The lowest BCUT2D eigenvalue weighted by Crippen LogP contribution is -2.34. The molecule has 1 fully saturated rings. The minimum atomic E-state index is -5.28. The average Bonchev–Trinajstić information content (AvgIpc) is 2.64. The molecule has 0 saturated carbocycles. The lowest BCUT2D eigenvalue weighted by atomic mass is 10.1. The molecule has 0 aromatic carbocycles. The van der Waals surface area contributed by atoms with Crippen LogP contribution in [0.25, 0.3) is 0 Å². The number of phosphoric acid groups is 1. The summed E-state index contributed by atoms with van der Waals surface area (Å²) in [5.41, 5.74) is 4.37. The molecule has 1 aliphatic heterocycles. The number of hydrogen-bond donors (Lipinski definition) is 4. The minimum absolute atomic E-state index is 0. The Labute approximate surface area is 129 Å². The van der Waals surface area contributed by atoms with Gasteiger partial charge in [-0.2, -0.15) is 4.98 Å². The SMILES string of the molecule is Nc1ccn([C@@H]2O[C@H](COP(=O)([O-])[O-])[C@@H](O)[C@H]2F)c(=O)n1.[NH4+].[NH4+]. The Morgan fingerprint density at radius 3 is 2.65 bits per heavy atom. The van der Waals surface area contributed by atoms with E-state index in [0.717, 1.165) is 10.8 Å². The highest BCUT2D eigenvalue weighted by molar-refractivity contribution is 7.43. The van der Waals surface area contributed by atoms with Crippen molar-refractivity contribution in [1.29, 1.82) is 0 Å². The first kappa shape index (κ1) is 21.6. The maximum Gasteiger partial charge on any atom is 0.351 e. The molecule has 14 heteroatoms. The summed E-state index contributed by atoms with van der Waals surface area (Å²) in [5, 5.41) is 9.60. The van der Waals surface area contributed by atoms with Crippen LogP contribution in [0.4, 0.5) is 10.2 Å². The topological polar surface area (TPSA) is 236 Å². The van der Waals surface area contributed by atoms with Crippen molar-refractivity contribution in [3.05, 3.63) is 22.7 Å². The van der Waals surface area contributed by atoms with Crippen molar-refractivity contribution < 1.29 is 33.1 Å². The maximum atomic E-state index is 13.9. The van der Waals surface area contributed by atoms with Crippen LogP contribution in [0.15, 0.2) is 17.1 Å². The van der Waals surface area contributed by atoms with Crippen LogP contribution in [-0.2, 0) is 13.8 Å². The van der Waals surface area contributed by atoms with Crippen molar-refractivity contribution in [3.8, 4) is 0 Å². The highest BCUT2D eigenvalue weighted by atomic mass is 31.2. The summed E-state index contributed by atoms with van der Waals surface area (Å²) < 4.78 is 34.0. The molecular weight excluding hydrogens is 340 g/mol. The third-order valence-corrected chi connectivity index (χ3v) is 3.28. The van der Waals surface area contributed by atoms with Gasteiger partial charge in [0.15, 0.2) is 12.4 Å². The molecule has 2 rings (SSSR count). The van der Waals surface area contributed by atoms with Gasteiger partial charge in [0.1, 0.15) is 18.0 Å². The Hall–Kier alpha value is -1.44. The van der Waals surface area contributed by atoms with Gasteiger partial charge in [-0.25, -0.2) is 9.18 Å². The van der Waals surface area contributed by atoms with Crippen molar-refractivity contribution in [1.82, 2.24) is 21.9 Å². The van der Waals surface area contributed by atoms with Gasteiger partial charge in [-0.15, -0.1) is 0 Å². The van der Waals surface area contributed by atoms with Crippen LogP contribution in [0.2, 0.25) is 0 Å². The summed E-state index contributed by atoms with van der Waals surface area (Å²) >= 11 is 0. The smallest absolute Gasteiger partial charge is 0.351 e. The number of aromatic nitrogens is 2. The van der Waals surface area contributed by atoms with E-state index in [4.69, 9.17) is 10.5 Å². The molecule has 23 heavy (non-hydrogen) atoms. The molecule has 1 aliphatic rings. The molecule has 4 atom stereocenters. The van der Waals surface area contributed by atoms with Crippen molar-refractivity contribution in [3.63, 3.8) is 0 Å². The first-order valence-electron chi connectivity index (χ1n) is 5.68. The molecule has 0 bridgehead atoms. The zero-order valence-corrected chi connectivity index (χ0v) is 13.3. The number of ether oxygens (including phenoxy) is 1. The largest absolute Gasteiger partial charge is 0.790 e. The van der Waals surface area contributed by atoms with Gasteiger partial charge in [-0.1, -0.05) is 0 Å². The normalized spacial score (nSPS) is 27.1. The van der Waals surface area contributed by atoms with Gasteiger partial charge in [0.2, 0.25) is 0 Å². The van der Waals surface area contributed by atoms with E-state index >= 15 is 0 Å². The summed E-state index contributed by atoms with van der Waals surface area (Å²) in [6.45, 7) is -0.862. The Kier molecular flexibility index (Phi) is 7.40. The summed E-state index contributed by atoms with van der Waals surface area (Å²) in [7, 11) is -5.28. The van der Waals surface area contributed by atoms with Crippen LogP contribution < -0.4 is 33.5 Å². The quantitative estimate of drug-likeness (QED) is 0.435. The van der Waals surface area contributed by atoms with Crippen molar-refractivity contribution in [2.45, 2.75) is 24.6 Å². The third kappa shape index (κ3) is 5.02. The van der Waals surface area contributed by atoms with Crippen LogP contribution in [0.3, 0.4) is 0 Å². The van der Waals surface area contributed by atoms with Gasteiger partial charge in [-0.3, -0.25) is 4.57 Å². The zero-order valence-electron chi connectivity index (χ0n) is 12.4. The van der Waals surface area contributed by atoms with Gasteiger partial charge in [0.25, 0.3) is 0 Å². The molecule has 0 spiro atoms. The number of aliphatic hydroxyl groups excluding tert-OH is 1. The summed E-state index contributed by atoms with van der Waals surface area (Å²) in [6.07, 6.45) is -5.66. The van der Waals surface area contributed by atoms with E-state index in [2.05, 4.69) is 9.51 Å². The number of alkyl halides is 1. The maximum absolute atomic E-state index is 13.9. The van der Waals surface area contributed by atoms with E-state index in [1.165, 1.54) is 6.07 Å². The molecule has 11 N–H and O–H groups in total. The van der Waals surface area contributed by atoms with E-state index < -0.39 is 44.7 Å². The molecule has 1 aromatic heterocycles. The van der Waals surface area contributed by atoms with Crippen molar-refractivity contribution in [2.24, 2.45) is 0 Å². The number of nitrogens with two attached hydrogens (primary N) is 1. The first-order valence-corrected chi connectivity index (χ1v) is 7.14. The zero-order chi connectivity index (χ0) is 15.8. The van der Waals surface area contributed by atoms with Crippen molar-refractivity contribution in [2.75, 3.05) is 12.3 Å². The molecule has 1 aromatic rings. The Morgan fingerprint density at radius 1 is 1.52 bits per heavy atom. The summed E-state index contributed by atoms with van der Waals surface area (Å²) in [4.78, 5) is 35.7. The molecular formula is C9H19FN5O7P. The lowest BCUT2D eigenvalue weighted by molar-refractivity contribution is -0.343. The van der Waals surface area contributed by atoms with E-state index in [1.807, 2.05) is 0 Å². The number of halogens is 1. The molecule has 0 aliphatic carbocycles. The molecule has 1 saturated heterocycles. The van der Waals surface area contributed by atoms with Crippen LogP contribution in [0.5, 0.6) is 0 Å². The van der Waals surface area contributed by atoms with Gasteiger partial charge in [0, 0.05) is 6.20 Å². The number of quaternary nitrogens is 2. The first-order chi connectivity index (χ1) is 9.69. The Balaban J connectivity index is 0.00000242.